The van der Waals surface area contributed by atoms with E-state index in [1.165, 1.54) is 23.6 Å². The zero-order valence-corrected chi connectivity index (χ0v) is 11.8. The van der Waals surface area contributed by atoms with Gasteiger partial charge in [0.2, 0.25) is 11.8 Å². The second-order valence-electron chi connectivity index (χ2n) is 5.04. The summed E-state index contributed by atoms with van der Waals surface area (Å²) in [7, 11) is 0. The first-order valence-corrected chi connectivity index (χ1v) is 6.52. The number of carbonyl (C=O) groups is 2. The molecule has 0 bridgehead atoms. The Bertz CT molecular complexity index is 449. The van der Waals surface area contributed by atoms with Crippen molar-refractivity contribution in [1.82, 2.24) is 5.32 Å². The van der Waals surface area contributed by atoms with Gasteiger partial charge in [-0.15, -0.1) is 0 Å². The Morgan fingerprint density at radius 2 is 1.79 bits per heavy atom. The van der Waals surface area contributed by atoms with Gasteiger partial charge in [0.05, 0.1) is 0 Å². The lowest BCUT2D eigenvalue weighted by Crippen LogP contribution is -2.43. The summed E-state index contributed by atoms with van der Waals surface area (Å²) < 4.78 is 0. The van der Waals surface area contributed by atoms with E-state index < -0.39 is 11.9 Å². The van der Waals surface area contributed by atoms with Crippen molar-refractivity contribution in [2.75, 3.05) is 0 Å². The summed E-state index contributed by atoms with van der Waals surface area (Å²) in [5.74, 6) is -0.703. The maximum absolute atomic E-state index is 11.2. The fourth-order valence-electron chi connectivity index (χ4n) is 2.25. The lowest BCUT2D eigenvalue weighted by Gasteiger charge is -2.14. The maximum atomic E-state index is 11.2. The van der Waals surface area contributed by atoms with Crippen molar-refractivity contribution in [3.63, 3.8) is 0 Å². The molecule has 0 fully saturated rings. The summed E-state index contributed by atoms with van der Waals surface area (Å²) in [4.78, 5) is 22.2. The van der Waals surface area contributed by atoms with Crippen LogP contribution in [0.2, 0.25) is 0 Å². The second-order valence-corrected chi connectivity index (χ2v) is 5.04. The Morgan fingerprint density at radius 3 is 2.26 bits per heavy atom. The monoisotopic (exact) mass is 262 g/mol. The van der Waals surface area contributed by atoms with E-state index in [4.69, 9.17) is 5.73 Å². The topological polar surface area (TPSA) is 72.2 Å². The molecule has 1 unspecified atom stereocenters. The molecule has 0 saturated heterocycles. The molecule has 1 aromatic carbocycles. The van der Waals surface area contributed by atoms with Gasteiger partial charge in [-0.3, -0.25) is 9.59 Å². The third-order valence-electron chi connectivity index (χ3n) is 2.96. The lowest BCUT2D eigenvalue weighted by molar-refractivity contribution is -0.126. The third-order valence-corrected chi connectivity index (χ3v) is 2.96. The molecule has 2 amide bonds. The number of aryl methyl sites for hydroxylation is 3. The van der Waals surface area contributed by atoms with Crippen molar-refractivity contribution < 1.29 is 9.59 Å². The predicted molar refractivity (Wildman–Crippen MR) is 75.7 cm³/mol. The highest BCUT2D eigenvalue weighted by atomic mass is 16.2. The molecule has 4 nitrogen and oxygen atoms in total. The molecule has 0 aromatic heterocycles. The molecule has 4 heteroatoms. The first-order valence-electron chi connectivity index (χ1n) is 6.52. The maximum Gasteiger partial charge on any atom is 0.239 e. The molecule has 1 rings (SSSR count). The average molecular weight is 262 g/mol. The Kier molecular flexibility index (Phi) is 5.55. The first-order chi connectivity index (χ1) is 8.88. The molecule has 1 aromatic rings. The van der Waals surface area contributed by atoms with E-state index in [1.54, 1.807) is 0 Å². The number of benzene rings is 1. The van der Waals surface area contributed by atoms with Gasteiger partial charge in [0.15, 0.2) is 0 Å². The number of hydrogen-bond acceptors (Lipinski definition) is 2. The lowest BCUT2D eigenvalue weighted by atomic mass is 10.0. The number of carbonyl (C=O) groups excluding carboxylic acids is 2. The molecule has 0 radical (unpaired) electrons. The van der Waals surface area contributed by atoms with Gasteiger partial charge in [-0.2, -0.15) is 0 Å². The zero-order valence-electron chi connectivity index (χ0n) is 11.8. The van der Waals surface area contributed by atoms with E-state index in [-0.39, 0.29) is 5.91 Å². The summed E-state index contributed by atoms with van der Waals surface area (Å²) in [6.45, 7) is 5.53. The van der Waals surface area contributed by atoms with Crippen LogP contribution in [0.5, 0.6) is 0 Å². The molecule has 0 aliphatic rings. The van der Waals surface area contributed by atoms with Crippen LogP contribution >= 0.6 is 0 Å². The van der Waals surface area contributed by atoms with Gasteiger partial charge in [-0.05, 0) is 38.7 Å². The number of nitrogens with two attached hydrogens (primary N) is 1. The summed E-state index contributed by atoms with van der Waals surface area (Å²) in [5, 5.41) is 2.57. The van der Waals surface area contributed by atoms with Crippen LogP contribution in [-0.2, 0) is 16.0 Å². The minimum absolute atomic E-state index is 0.227. The highest BCUT2D eigenvalue weighted by Gasteiger charge is 2.15. The molecule has 1 atom stereocenters. The van der Waals surface area contributed by atoms with Crippen LogP contribution in [0.4, 0.5) is 0 Å². The Morgan fingerprint density at radius 1 is 1.21 bits per heavy atom. The molecule has 0 aliphatic heterocycles. The van der Waals surface area contributed by atoms with E-state index in [9.17, 15) is 9.59 Å². The van der Waals surface area contributed by atoms with Gasteiger partial charge >= 0.3 is 0 Å². The minimum atomic E-state index is -0.566. The summed E-state index contributed by atoms with van der Waals surface area (Å²) in [6.07, 6.45) is 2.27. The molecular weight excluding hydrogens is 240 g/mol. The quantitative estimate of drug-likeness (QED) is 0.817. The molecule has 104 valence electrons. The Labute approximate surface area is 114 Å². The molecule has 3 N–H and O–H groups in total. The van der Waals surface area contributed by atoms with Crippen molar-refractivity contribution in [2.24, 2.45) is 5.73 Å². The number of amides is 2. The SMILES string of the molecule is CC(=O)NC(CCCc1cc(C)cc(C)c1)C(N)=O. The summed E-state index contributed by atoms with van der Waals surface area (Å²) in [6, 6.07) is 5.85. The Hall–Kier alpha value is -1.84. The smallest absolute Gasteiger partial charge is 0.239 e. The molecule has 0 spiro atoms. The van der Waals surface area contributed by atoms with Crippen LogP contribution < -0.4 is 11.1 Å². The highest BCUT2D eigenvalue weighted by Crippen LogP contribution is 2.12. The first kappa shape index (κ1) is 15.2. The van der Waals surface area contributed by atoms with E-state index >= 15 is 0 Å². The van der Waals surface area contributed by atoms with Crippen LogP contribution in [0, 0.1) is 13.8 Å². The van der Waals surface area contributed by atoms with Crippen molar-refractivity contribution in [2.45, 2.75) is 46.1 Å². The molecule has 0 aliphatic carbocycles. The largest absolute Gasteiger partial charge is 0.368 e. The normalized spacial score (nSPS) is 11.9. The minimum Gasteiger partial charge on any atom is -0.368 e. The van der Waals surface area contributed by atoms with Crippen LogP contribution in [0.25, 0.3) is 0 Å². The fourth-order valence-corrected chi connectivity index (χ4v) is 2.25. The predicted octanol–water partition coefficient (Wildman–Crippen LogP) is 1.62. The number of rotatable bonds is 6. The molecule has 0 heterocycles. The fraction of sp³-hybridized carbons (Fsp3) is 0.467. The highest BCUT2D eigenvalue weighted by molar-refractivity contribution is 5.85. The number of primary amides is 1. The third kappa shape index (κ3) is 5.55. The van der Waals surface area contributed by atoms with E-state index in [0.29, 0.717) is 6.42 Å². The van der Waals surface area contributed by atoms with E-state index in [2.05, 4.69) is 37.4 Å². The summed E-state index contributed by atoms with van der Waals surface area (Å²) >= 11 is 0. The standard InChI is InChI=1S/C15H22N2O2/c1-10-7-11(2)9-13(8-10)5-4-6-14(15(16)19)17-12(3)18/h7-9,14H,4-6H2,1-3H3,(H2,16,19)(H,17,18). The van der Waals surface area contributed by atoms with Crippen LogP contribution in [-0.4, -0.2) is 17.9 Å². The second kappa shape index (κ2) is 6.92. The van der Waals surface area contributed by atoms with Gasteiger partial charge in [-0.25, -0.2) is 0 Å². The van der Waals surface area contributed by atoms with Crippen molar-refractivity contribution in [3.05, 3.63) is 34.9 Å². The van der Waals surface area contributed by atoms with Gasteiger partial charge in [0.1, 0.15) is 6.04 Å². The van der Waals surface area contributed by atoms with Crippen LogP contribution in [0.15, 0.2) is 18.2 Å². The summed E-state index contributed by atoms with van der Waals surface area (Å²) in [5.41, 5.74) is 8.99. The Balaban J connectivity index is 2.51. The van der Waals surface area contributed by atoms with Crippen molar-refractivity contribution in [1.29, 1.82) is 0 Å². The van der Waals surface area contributed by atoms with Crippen molar-refractivity contribution in [3.8, 4) is 0 Å². The zero-order chi connectivity index (χ0) is 14.4. The van der Waals surface area contributed by atoms with Crippen LogP contribution in [0.1, 0.15) is 36.5 Å². The molecule has 19 heavy (non-hydrogen) atoms. The van der Waals surface area contributed by atoms with Gasteiger partial charge < -0.3 is 11.1 Å². The van der Waals surface area contributed by atoms with Gasteiger partial charge in [0, 0.05) is 6.92 Å². The van der Waals surface area contributed by atoms with Crippen LogP contribution in [0.3, 0.4) is 0 Å². The van der Waals surface area contributed by atoms with Gasteiger partial charge in [0.25, 0.3) is 0 Å². The van der Waals surface area contributed by atoms with E-state index in [1.807, 2.05) is 0 Å². The molecular formula is C15H22N2O2. The van der Waals surface area contributed by atoms with E-state index in [0.717, 1.165) is 12.8 Å². The molecule has 0 saturated carbocycles. The number of hydrogen-bond donors (Lipinski definition) is 2. The van der Waals surface area contributed by atoms with Gasteiger partial charge in [-0.1, -0.05) is 29.3 Å². The van der Waals surface area contributed by atoms with Crippen molar-refractivity contribution >= 4 is 11.8 Å². The number of nitrogens with one attached hydrogen (secondary N) is 1. The average Bonchev–Trinajstić information content (AvgIpc) is 2.25.